The Balaban J connectivity index is 1.74. The quantitative estimate of drug-likeness (QED) is 0.668. The lowest BCUT2D eigenvalue weighted by Gasteiger charge is -2.26. The molecule has 23 heavy (non-hydrogen) atoms. The van der Waals surface area contributed by atoms with Crippen LogP contribution < -0.4 is 5.63 Å². The molecule has 3 aromatic rings. The van der Waals surface area contributed by atoms with E-state index in [0.717, 1.165) is 12.0 Å². The van der Waals surface area contributed by atoms with Gasteiger partial charge < -0.3 is 4.42 Å². The van der Waals surface area contributed by atoms with Crippen LogP contribution >= 0.6 is 11.3 Å². The zero-order valence-corrected chi connectivity index (χ0v) is 13.7. The van der Waals surface area contributed by atoms with Gasteiger partial charge in [0, 0.05) is 29.4 Å². The van der Waals surface area contributed by atoms with Gasteiger partial charge in [0.1, 0.15) is 5.58 Å². The monoisotopic (exact) mass is 347 g/mol. The summed E-state index contributed by atoms with van der Waals surface area (Å²) in [6.45, 7) is 0.890. The standard InChI is InChI=1S/C16H13NO4S2/c18-16-4-1-11-9-13(2-3-14(11)21-16)23(19,20)17-7-5-15-12(10-17)6-8-22-15/h1-4,6,8-9H,5,7,10H2. The first-order chi connectivity index (χ1) is 11.0. The minimum atomic E-state index is -3.57. The van der Waals surface area contributed by atoms with Crippen LogP contribution in [0.25, 0.3) is 11.0 Å². The van der Waals surface area contributed by atoms with E-state index in [-0.39, 0.29) is 4.90 Å². The lowest BCUT2D eigenvalue weighted by atomic mass is 10.1. The normalized spacial score (nSPS) is 15.7. The largest absolute Gasteiger partial charge is 0.423 e. The molecular weight excluding hydrogens is 334 g/mol. The molecule has 0 bridgehead atoms. The van der Waals surface area contributed by atoms with Crippen molar-refractivity contribution in [3.05, 3.63) is 62.6 Å². The molecule has 2 aromatic heterocycles. The average Bonchev–Trinajstić information content (AvgIpc) is 3.01. The van der Waals surface area contributed by atoms with E-state index < -0.39 is 15.6 Å². The van der Waals surface area contributed by atoms with Gasteiger partial charge in [0.2, 0.25) is 10.0 Å². The fourth-order valence-electron chi connectivity index (χ4n) is 2.79. The zero-order valence-electron chi connectivity index (χ0n) is 12.1. The van der Waals surface area contributed by atoms with Crippen molar-refractivity contribution >= 4 is 32.3 Å². The molecule has 1 aromatic carbocycles. The lowest BCUT2D eigenvalue weighted by molar-refractivity contribution is 0.394. The summed E-state index contributed by atoms with van der Waals surface area (Å²) in [6.07, 6.45) is 0.745. The zero-order chi connectivity index (χ0) is 16.0. The van der Waals surface area contributed by atoms with Gasteiger partial charge in [0.05, 0.1) is 4.90 Å². The summed E-state index contributed by atoms with van der Waals surface area (Å²) in [4.78, 5) is 12.7. The van der Waals surface area contributed by atoms with Crippen LogP contribution in [0.2, 0.25) is 0 Å². The number of rotatable bonds is 2. The maximum absolute atomic E-state index is 12.9. The number of nitrogens with zero attached hydrogens (tertiary/aromatic N) is 1. The lowest BCUT2D eigenvalue weighted by Crippen LogP contribution is -2.35. The van der Waals surface area contributed by atoms with Crippen LogP contribution in [0, 0.1) is 0 Å². The molecule has 0 unspecified atom stereocenters. The Labute approximate surface area is 136 Å². The van der Waals surface area contributed by atoms with E-state index in [1.54, 1.807) is 23.5 Å². The second kappa shape index (κ2) is 5.30. The third-order valence-corrected chi connectivity index (χ3v) is 6.87. The first-order valence-electron chi connectivity index (χ1n) is 7.13. The van der Waals surface area contributed by atoms with Crippen molar-refractivity contribution in [2.24, 2.45) is 0 Å². The maximum Gasteiger partial charge on any atom is 0.336 e. The number of thiophene rings is 1. The Morgan fingerprint density at radius 3 is 2.87 bits per heavy atom. The van der Waals surface area contributed by atoms with Gasteiger partial charge in [0.15, 0.2) is 0 Å². The molecule has 0 atom stereocenters. The summed E-state index contributed by atoms with van der Waals surface area (Å²) >= 11 is 1.67. The van der Waals surface area contributed by atoms with Crippen molar-refractivity contribution in [2.45, 2.75) is 17.9 Å². The molecule has 3 heterocycles. The summed E-state index contributed by atoms with van der Waals surface area (Å²) in [5, 5.41) is 2.60. The molecule has 118 valence electrons. The summed E-state index contributed by atoms with van der Waals surface area (Å²) in [7, 11) is -3.57. The average molecular weight is 347 g/mol. The van der Waals surface area contributed by atoms with Crippen LogP contribution in [0.15, 0.2) is 55.9 Å². The molecule has 1 aliphatic rings. The second-order valence-electron chi connectivity index (χ2n) is 5.41. The fraction of sp³-hybridized carbons (Fsp3) is 0.188. The molecule has 0 fully saturated rings. The topological polar surface area (TPSA) is 67.6 Å². The first kappa shape index (κ1) is 14.6. The summed E-state index contributed by atoms with van der Waals surface area (Å²) in [6, 6.07) is 9.42. The van der Waals surface area contributed by atoms with Crippen LogP contribution in [0.1, 0.15) is 10.4 Å². The Bertz CT molecular complexity index is 1050. The van der Waals surface area contributed by atoms with Gasteiger partial charge in [0.25, 0.3) is 0 Å². The highest BCUT2D eigenvalue weighted by Gasteiger charge is 2.29. The Kier molecular flexibility index (Phi) is 3.37. The first-order valence-corrected chi connectivity index (χ1v) is 9.45. The van der Waals surface area contributed by atoms with Crippen LogP contribution in [0.3, 0.4) is 0 Å². The molecule has 0 N–H and O–H groups in total. The third kappa shape index (κ3) is 2.50. The van der Waals surface area contributed by atoms with Crippen molar-refractivity contribution in [3.63, 3.8) is 0 Å². The molecule has 4 rings (SSSR count). The highest BCUT2D eigenvalue weighted by Crippen LogP contribution is 2.29. The predicted molar refractivity (Wildman–Crippen MR) is 88.1 cm³/mol. The van der Waals surface area contributed by atoms with Gasteiger partial charge in [-0.05, 0) is 47.7 Å². The number of hydrogen-bond acceptors (Lipinski definition) is 5. The number of sulfonamides is 1. The highest BCUT2D eigenvalue weighted by atomic mass is 32.2. The summed E-state index contributed by atoms with van der Waals surface area (Å²) in [5.74, 6) is 0. The Morgan fingerprint density at radius 2 is 2.00 bits per heavy atom. The van der Waals surface area contributed by atoms with Gasteiger partial charge >= 0.3 is 5.63 Å². The van der Waals surface area contributed by atoms with E-state index >= 15 is 0 Å². The van der Waals surface area contributed by atoms with Crippen molar-refractivity contribution in [1.82, 2.24) is 4.31 Å². The van der Waals surface area contributed by atoms with Crippen LogP contribution in [-0.4, -0.2) is 19.3 Å². The van der Waals surface area contributed by atoms with E-state index in [9.17, 15) is 13.2 Å². The van der Waals surface area contributed by atoms with Crippen molar-refractivity contribution in [1.29, 1.82) is 0 Å². The van der Waals surface area contributed by atoms with Crippen LogP contribution in [0.4, 0.5) is 0 Å². The fourth-order valence-corrected chi connectivity index (χ4v) is 5.13. The molecule has 1 aliphatic heterocycles. The Morgan fingerprint density at radius 1 is 1.13 bits per heavy atom. The number of benzene rings is 1. The SMILES string of the molecule is O=c1ccc2cc(S(=O)(=O)N3CCc4sccc4C3)ccc2o1. The van der Waals surface area contributed by atoms with Gasteiger partial charge in [-0.15, -0.1) is 11.3 Å². The van der Waals surface area contributed by atoms with Gasteiger partial charge in [-0.1, -0.05) is 0 Å². The number of fused-ring (bicyclic) bond motifs is 2. The third-order valence-electron chi connectivity index (χ3n) is 4.00. The smallest absolute Gasteiger partial charge is 0.336 e. The maximum atomic E-state index is 12.9. The Hall–Kier alpha value is -1.96. The summed E-state index contributed by atoms with van der Waals surface area (Å²) in [5.41, 5.74) is 1.01. The van der Waals surface area contributed by atoms with E-state index in [2.05, 4.69) is 0 Å². The molecule has 0 aliphatic carbocycles. The molecular formula is C16H13NO4S2. The van der Waals surface area contributed by atoms with Gasteiger partial charge in [-0.2, -0.15) is 4.31 Å². The van der Waals surface area contributed by atoms with Gasteiger partial charge in [-0.25, -0.2) is 13.2 Å². The summed E-state index contributed by atoms with van der Waals surface area (Å²) < 4.78 is 32.3. The van der Waals surface area contributed by atoms with Crippen LogP contribution in [0.5, 0.6) is 0 Å². The molecule has 0 radical (unpaired) electrons. The molecule has 0 saturated heterocycles. The minimum Gasteiger partial charge on any atom is -0.423 e. The second-order valence-corrected chi connectivity index (χ2v) is 8.35. The predicted octanol–water partition coefficient (Wildman–Crippen LogP) is 2.60. The molecule has 7 heteroatoms. The van der Waals surface area contributed by atoms with Crippen molar-refractivity contribution in [3.8, 4) is 0 Å². The molecule has 0 saturated carbocycles. The minimum absolute atomic E-state index is 0.220. The van der Waals surface area contributed by atoms with Crippen LogP contribution in [-0.2, 0) is 23.0 Å². The van der Waals surface area contributed by atoms with E-state index in [0.29, 0.717) is 24.1 Å². The van der Waals surface area contributed by atoms with Crippen molar-refractivity contribution < 1.29 is 12.8 Å². The molecule has 5 nitrogen and oxygen atoms in total. The van der Waals surface area contributed by atoms with Crippen molar-refractivity contribution in [2.75, 3.05) is 6.54 Å². The highest BCUT2D eigenvalue weighted by molar-refractivity contribution is 7.89. The number of hydrogen-bond donors (Lipinski definition) is 0. The molecule has 0 spiro atoms. The van der Waals surface area contributed by atoms with Gasteiger partial charge in [-0.3, -0.25) is 0 Å². The van der Waals surface area contributed by atoms with E-state index in [4.69, 9.17) is 4.42 Å². The van der Waals surface area contributed by atoms with E-state index in [1.807, 2.05) is 11.4 Å². The van der Waals surface area contributed by atoms with E-state index in [1.165, 1.54) is 27.4 Å². The molecule has 0 amide bonds.